The fraction of sp³-hybridized carbons (Fsp3) is 0.231. The van der Waals surface area contributed by atoms with E-state index in [4.69, 9.17) is 5.26 Å². The topological polar surface area (TPSA) is 70.0 Å². The highest BCUT2D eigenvalue weighted by molar-refractivity contribution is 5.46. The van der Waals surface area contributed by atoms with E-state index >= 15 is 0 Å². The van der Waals surface area contributed by atoms with Crippen LogP contribution in [-0.4, -0.2) is 16.3 Å². The van der Waals surface area contributed by atoms with Gasteiger partial charge in [-0.1, -0.05) is 6.07 Å². The van der Waals surface area contributed by atoms with E-state index < -0.39 is 40.3 Å². The average molecular weight is 336 g/mol. The number of oxazole rings is 1. The van der Waals surface area contributed by atoms with Crippen LogP contribution < -0.4 is 0 Å². The molecule has 0 radical (unpaired) electrons. The largest absolute Gasteiger partial charge is 0.451 e. The molecule has 1 unspecified atom stereocenters. The van der Waals surface area contributed by atoms with Gasteiger partial charge in [0.15, 0.2) is 6.39 Å². The molecule has 0 aliphatic carbocycles. The van der Waals surface area contributed by atoms with Gasteiger partial charge in [0, 0.05) is 0 Å². The first-order valence-electron chi connectivity index (χ1n) is 5.81. The lowest BCUT2D eigenvalue weighted by molar-refractivity contribution is -0.250. The van der Waals surface area contributed by atoms with E-state index in [0.717, 1.165) is 0 Å². The van der Waals surface area contributed by atoms with Crippen LogP contribution in [0.15, 0.2) is 35.3 Å². The van der Waals surface area contributed by atoms with Crippen LogP contribution in [0.5, 0.6) is 0 Å². The van der Waals surface area contributed by atoms with Gasteiger partial charge in [-0.2, -0.15) is 31.6 Å². The number of aromatic nitrogens is 1. The van der Waals surface area contributed by atoms with E-state index in [-0.39, 0.29) is 6.07 Å². The summed E-state index contributed by atoms with van der Waals surface area (Å²) in [6.07, 6.45) is -9.38. The summed E-state index contributed by atoms with van der Waals surface area (Å²) >= 11 is 0. The number of hydrogen-bond donors (Lipinski definition) is 1. The second kappa shape index (κ2) is 5.27. The van der Waals surface area contributed by atoms with Crippen molar-refractivity contribution in [3.05, 3.63) is 53.2 Å². The number of hydrogen-bond acceptors (Lipinski definition) is 4. The first kappa shape index (κ1) is 16.8. The second-order valence-corrected chi connectivity index (χ2v) is 4.45. The summed E-state index contributed by atoms with van der Waals surface area (Å²) in [5, 5.41) is 18.7. The molecule has 1 aromatic carbocycles. The van der Waals surface area contributed by atoms with Gasteiger partial charge in [0.1, 0.15) is 12.0 Å². The number of aliphatic hydroxyl groups is 1. The SMILES string of the molecule is N#Cc1ccc(C(O)(c2cocn2)C(F)(F)F)cc1C(F)(F)F. The molecule has 1 atom stereocenters. The Bertz CT molecular complexity index is 745. The van der Waals surface area contributed by atoms with Gasteiger partial charge in [-0.05, 0) is 17.7 Å². The Labute approximate surface area is 124 Å². The zero-order chi connectivity index (χ0) is 17.5. The summed E-state index contributed by atoms with van der Waals surface area (Å²) in [5.41, 5.74) is -8.43. The molecular formula is C13H6F6N2O2. The van der Waals surface area contributed by atoms with Crippen LogP contribution in [0.1, 0.15) is 22.4 Å². The predicted octanol–water partition coefficient (Wildman–Crippen LogP) is 3.36. The maximum atomic E-state index is 13.3. The van der Waals surface area contributed by atoms with Gasteiger partial charge >= 0.3 is 12.4 Å². The smallest absolute Gasteiger partial charge is 0.427 e. The third-order valence-corrected chi connectivity index (χ3v) is 3.08. The zero-order valence-corrected chi connectivity index (χ0v) is 10.9. The van der Waals surface area contributed by atoms with Crippen molar-refractivity contribution in [2.75, 3.05) is 0 Å². The highest BCUT2D eigenvalue weighted by atomic mass is 19.4. The summed E-state index contributed by atoms with van der Waals surface area (Å²) in [7, 11) is 0. The van der Waals surface area contributed by atoms with Crippen molar-refractivity contribution in [2.45, 2.75) is 18.0 Å². The Morgan fingerprint density at radius 1 is 1.13 bits per heavy atom. The monoisotopic (exact) mass is 336 g/mol. The highest BCUT2D eigenvalue weighted by Gasteiger charge is 2.58. The molecule has 0 aliphatic rings. The molecule has 0 fully saturated rings. The van der Waals surface area contributed by atoms with E-state index in [1.165, 1.54) is 6.07 Å². The van der Waals surface area contributed by atoms with E-state index in [1.807, 2.05) is 0 Å². The molecule has 0 aliphatic heterocycles. The molecule has 0 saturated carbocycles. The Morgan fingerprint density at radius 3 is 2.22 bits per heavy atom. The van der Waals surface area contributed by atoms with Crippen LogP contribution in [0.25, 0.3) is 0 Å². The molecule has 0 amide bonds. The zero-order valence-electron chi connectivity index (χ0n) is 10.9. The quantitative estimate of drug-likeness (QED) is 0.854. The Hall–Kier alpha value is -2.54. The fourth-order valence-corrected chi connectivity index (χ4v) is 1.95. The van der Waals surface area contributed by atoms with Gasteiger partial charge in [-0.3, -0.25) is 0 Å². The van der Waals surface area contributed by atoms with Crippen LogP contribution in [0, 0.1) is 11.3 Å². The van der Waals surface area contributed by atoms with Crippen molar-refractivity contribution in [2.24, 2.45) is 0 Å². The molecule has 0 bridgehead atoms. The van der Waals surface area contributed by atoms with Gasteiger partial charge in [-0.15, -0.1) is 0 Å². The first-order chi connectivity index (χ1) is 10.5. The van der Waals surface area contributed by atoms with E-state index in [2.05, 4.69) is 9.40 Å². The van der Waals surface area contributed by atoms with Crippen molar-refractivity contribution in [3.8, 4) is 6.07 Å². The molecular weight excluding hydrogens is 330 g/mol. The van der Waals surface area contributed by atoms with E-state index in [1.54, 1.807) is 0 Å². The molecule has 4 nitrogen and oxygen atoms in total. The molecule has 122 valence electrons. The third kappa shape index (κ3) is 2.75. The van der Waals surface area contributed by atoms with Gasteiger partial charge in [0.2, 0.25) is 5.60 Å². The Kier molecular flexibility index (Phi) is 3.86. The summed E-state index contributed by atoms with van der Waals surface area (Å²) < 4.78 is 82.9. The molecule has 0 saturated heterocycles. The van der Waals surface area contributed by atoms with Crippen molar-refractivity contribution < 1.29 is 35.9 Å². The molecule has 0 spiro atoms. The lowest BCUT2D eigenvalue weighted by Gasteiger charge is -2.29. The van der Waals surface area contributed by atoms with E-state index in [0.29, 0.717) is 24.8 Å². The van der Waals surface area contributed by atoms with Gasteiger partial charge in [-0.25, -0.2) is 4.98 Å². The Balaban J connectivity index is 2.75. The number of nitriles is 1. The molecule has 1 heterocycles. The van der Waals surface area contributed by atoms with Gasteiger partial charge < -0.3 is 9.52 Å². The second-order valence-electron chi connectivity index (χ2n) is 4.45. The molecule has 10 heteroatoms. The molecule has 1 aromatic heterocycles. The van der Waals surface area contributed by atoms with E-state index in [9.17, 15) is 31.4 Å². The predicted molar refractivity (Wildman–Crippen MR) is 61.7 cm³/mol. The summed E-state index contributed by atoms with van der Waals surface area (Å²) in [6.45, 7) is 0. The summed E-state index contributed by atoms with van der Waals surface area (Å²) in [4.78, 5) is 3.18. The number of halogens is 6. The summed E-state index contributed by atoms with van der Waals surface area (Å²) in [6, 6.07) is 2.44. The van der Waals surface area contributed by atoms with Crippen molar-refractivity contribution in [1.29, 1.82) is 5.26 Å². The van der Waals surface area contributed by atoms with Gasteiger partial charge in [0.05, 0.1) is 17.2 Å². The van der Waals surface area contributed by atoms with Crippen LogP contribution >= 0.6 is 0 Å². The number of benzene rings is 1. The van der Waals surface area contributed by atoms with Crippen molar-refractivity contribution >= 4 is 0 Å². The normalized spacial score (nSPS) is 15.0. The molecule has 2 rings (SSSR count). The molecule has 2 aromatic rings. The third-order valence-electron chi connectivity index (χ3n) is 3.08. The van der Waals surface area contributed by atoms with Crippen LogP contribution in [0.2, 0.25) is 0 Å². The van der Waals surface area contributed by atoms with Crippen LogP contribution in [-0.2, 0) is 11.8 Å². The highest BCUT2D eigenvalue weighted by Crippen LogP contribution is 2.45. The Morgan fingerprint density at radius 2 is 1.78 bits per heavy atom. The minimum atomic E-state index is -5.37. The molecule has 23 heavy (non-hydrogen) atoms. The fourth-order valence-electron chi connectivity index (χ4n) is 1.95. The minimum absolute atomic E-state index is 0.0702. The number of rotatable bonds is 2. The standard InChI is InChI=1S/C13H6F6N2O2/c14-12(15,16)9-3-8(2-1-7(9)4-20)11(22,13(17,18)19)10-5-23-6-21-10/h1-3,5-6,22H. The maximum absolute atomic E-state index is 13.3. The maximum Gasteiger partial charge on any atom is 0.427 e. The average Bonchev–Trinajstić information content (AvgIpc) is 2.98. The lowest BCUT2D eigenvalue weighted by Crippen LogP contribution is -2.43. The lowest BCUT2D eigenvalue weighted by atomic mass is 9.88. The van der Waals surface area contributed by atoms with Crippen LogP contribution in [0.4, 0.5) is 26.3 Å². The van der Waals surface area contributed by atoms with Crippen LogP contribution in [0.3, 0.4) is 0 Å². The first-order valence-corrected chi connectivity index (χ1v) is 5.81. The number of alkyl halides is 6. The number of nitrogens with zero attached hydrogens (tertiary/aromatic N) is 2. The van der Waals surface area contributed by atoms with Crippen molar-refractivity contribution in [1.82, 2.24) is 4.98 Å². The minimum Gasteiger partial charge on any atom is -0.451 e. The molecule has 1 N–H and O–H groups in total. The summed E-state index contributed by atoms with van der Waals surface area (Å²) in [5.74, 6) is 0. The van der Waals surface area contributed by atoms with Gasteiger partial charge in [0.25, 0.3) is 0 Å². The van der Waals surface area contributed by atoms with Crippen molar-refractivity contribution in [3.63, 3.8) is 0 Å².